The smallest absolute Gasteiger partial charge is 0.0725 e. The molecular weight excluding hydrogens is 252 g/mol. The molecule has 0 unspecified atom stereocenters. The molecule has 0 radical (unpaired) electrons. The van der Waals surface area contributed by atoms with Gasteiger partial charge in [-0.3, -0.25) is 0 Å². The van der Waals surface area contributed by atoms with Gasteiger partial charge in [0.25, 0.3) is 0 Å². The molecule has 2 aromatic carbocycles. The first-order valence-corrected chi connectivity index (χ1v) is 7.51. The Hall–Kier alpha value is -1.25. The molecule has 0 fully saturated rings. The summed E-state index contributed by atoms with van der Waals surface area (Å²) in [6, 6.07) is 20.4. The van der Waals surface area contributed by atoms with E-state index < -0.39 is 0 Å². The van der Waals surface area contributed by atoms with Crippen LogP contribution >= 0.6 is 11.8 Å². The normalized spacial score (nSPS) is 15.7. The van der Waals surface area contributed by atoms with Crippen LogP contribution in [0.5, 0.6) is 0 Å². The fourth-order valence-electron chi connectivity index (χ4n) is 2.14. The molecule has 0 saturated carbocycles. The Labute approximate surface area is 119 Å². The number of aliphatic hydroxyl groups is 1. The first-order valence-electron chi connectivity index (χ1n) is 6.63. The van der Waals surface area contributed by atoms with E-state index >= 15 is 0 Å². The van der Waals surface area contributed by atoms with Gasteiger partial charge < -0.3 is 5.11 Å². The highest BCUT2D eigenvalue weighted by molar-refractivity contribution is 8.00. The maximum absolute atomic E-state index is 10.5. The van der Waals surface area contributed by atoms with E-state index in [-0.39, 0.29) is 17.3 Å². The van der Waals surface area contributed by atoms with Crippen molar-refractivity contribution in [1.82, 2.24) is 0 Å². The molecule has 0 amide bonds. The fourth-order valence-corrected chi connectivity index (χ4v) is 3.26. The molecule has 0 aliphatic carbocycles. The van der Waals surface area contributed by atoms with Gasteiger partial charge in [0.15, 0.2) is 0 Å². The molecule has 2 aromatic rings. The van der Waals surface area contributed by atoms with Gasteiger partial charge in [0.05, 0.1) is 6.10 Å². The lowest BCUT2D eigenvalue weighted by Crippen LogP contribution is -2.26. The minimum absolute atomic E-state index is 0.146. The largest absolute Gasteiger partial charge is 0.391 e. The van der Waals surface area contributed by atoms with Gasteiger partial charge in [-0.15, -0.1) is 11.8 Å². The van der Waals surface area contributed by atoms with Gasteiger partial charge in [-0.2, -0.15) is 0 Å². The van der Waals surface area contributed by atoms with Gasteiger partial charge >= 0.3 is 0 Å². The first kappa shape index (κ1) is 14.2. The average Bonchev–Trinajstić information content (AvgIpc) is 2.47. The van der Waals surface area contributed by atoms with Crippen LogP contribution in [0.2, 0.25) is 0 Å². The SMILES string of the molecule is C[C@@H](Sc1ccccc1)[C@@H](O)[C@@H](C)c1ccccc1. The maximum atomic E-state index is 10.5. The minimum Gasteiger partial charge on any atom is -0.391 e. The average molecular weight is 272 g/mol. The summed E-state index contributed by atoms with van der Waals surface area (Å²) in [7, 11) is 0. The van der Waals surface area contributed by atoms with Crippen molar-refractivity contribution in [3.63, 3.8) is 0 Å². The third kappa shape index (κ3) is 3.85. The first-order chi connectivity index (χ1) is 9.18. The lowest BCUT2D eigenvalue weighted by molar-refractivity contribution is 0.150. The van der Waals surface area contributed by atoms with Gasteiger partial charge in [-0.1, -0.05) is 62.4 Å². The van der Waals surface area contributed by atoms with Gasteiger partial charge in [0.2, 0.25) is 0 Å². The zero-order valence-electron chi connectivity index (χ0n) is 11.4. The van der Waals surface area contributed by atoms with E-state index in [0.29, 0.717) is 0 Å². The Morgan fingerprint density at radius 1 is 0.842 bits per heavy atom. The van der Waals surface area contributed by atoms with Crippen LogP contribution in [0.3, 0.4) is 0 Å². The Morgan fingerprint density at radius 3 is 1.95 bits per heavy atom. The second kappa shape index (κ2) is 6.78. The van der Waals surface area contributed by atoms with Gasteiger partial charge in [0, 0.05) is 16.1 Å². The highest BCUT2D eigenvalue weighted by Crippen LogP contribution is 2.31. The Balaban J connectivity index is 2.01. The van der Waals surface area contributed by atoms with Crippen molar-refractivity contribution in [2.45, 2.75) is 36.0 Å². The van der Waals surface area contributed by atoms with Crippen molar-refractivity contribution in [2.24, 2.45) is 0 Å². The summed E-state index contributed by atoms with van der Waals surface area (Å²) in [4.78, 5) is 1.20. The quantitative estimate of drug-likeness (QED) is 0.817. The molecule has 1 N–H and O–H groups in total. The molecule has 0 aliphatic heterocycles. The van der Waals surface area contributed by atoms with Crippen LogP contribution in [0.4, 0.5) is 0 Å². The Kier molecular flexibility index (Phi) is 5.06. The van der Waals surface area contributed by atoms with Crippen LogP contribution in [0.15, 0.2) is 65.6 Å². The summed E-state index contributed by atoms with van der Waals surface area (Å²) >= 11 is 1.72. The van der Waals surface area contributed by atoms with Gasteiger partial charge in [-0.25, -0.2) is 0 Å². The summed E-state index contributed by atoms with van der Waals surface area (Å²) in [6.07, 6.45) is -0.354. The summed E-state index contributed by atoms with van der Waals surface area (Å²) < 4.78 is 0. The van der Waals surface area contributed by atoms with Crippen molar-refractivity contribution >= 4 is 11.8 Å². The van der Waals surface area contributed by atoms with Gasteiger partial charge in [0.1, 0.15) is 0 Å². The second-order valence-corrected chi connectivity index (χ2v) is 6.28. The number of hydrogen-bond donors (Lipinski definition) is 1. The van der Waals surface area contributed by atoms with Crippen molar-refractivity contribution < 1.29 is 5.11 Å². The monoisotopic (exact) mass is 272 g/mol. The molecule has 0 aliphatic rings. The van der Waals surface area contributed by atoms with Crippen LogP contribution in [0.1, 0.15) is 25.3 Å². The molecule has 2 heteroatoms. The Bertz CT molecular complexity index is 483. The third-order valence-electron chi connectivity index (χ3n) is 3.38. The number of aliphatic hydroxyl groups excluding tert-OH is 1. The molecule has 1 nitrogen and oxygen atoms in total. The summed E-state index contributed by atoms with van der Waals surface area (Å²) in [5.41, 5.74) is 1.19. The molecule has 0 saturated heterocycles. The molecule has 3 atom stereocenters. The van der Waals surface area contributed by atoms with Crippen molar-refractivity contribution in [3.8, 4) is 0 Å². The highest BCUT2D eigenvalue weighted by atomic mass is 32.2. The van der Waals surface area contributed by atoms with Crippen molar-refractivity contribution in [1.29, 1.82) is 0 Å². The lowest BCUT2D eigenvalue weighted by atomic mass is 9.94. The zero-order valence-corrected chi connectivity index (χ0v) is 12.2. The molecule has 19 heavy (non-hydrogen) atoms. The van der Waals surface area contributed by atoms with Crippen molar-refractivity contribution in [3.05, 3.63) is 66.2 Å². The van der Waals surface area contributed by atoms with Crippen LogP contribution in [-0.2, 0) is 0 Å². The molecule has 0 aromatic heterocycles. The molecule has 0 spiro atoms. The zero-order chi connectivity index (χ0) is 13.7. The van der Waals surface area contributed by atoms with Crippen molar-refractivity contribution in [2.75, 3.05) is 0 Å². The van der Waals surface area contributed by atoms with E-state index in [0.717, 1.165) is 0 Å². The predicted octanol–water partition coefficient (Wildman–Crippen LogP) is 4.33. The molecule has 2 rings (SSSR count). The molecule has 0 bridgehead atoms. The Morgan fingerprint density at radius 2 is 1.37 bits per heavy atom. The van der Waals surface area contributed by atoms with E-state index in [1.165, 1.54) is 10.5 Å². The summed E-state index contributed by atoms with van der Waals surface area (Å²) in [6.45, 7) is 4.17. The van der Waals surface area contributed by atoms with E-state index in [9.17, 15) is 5.11 Å². The molecule has 100 valence electrons. The number of rotatable bonds is 5. The van der Waals surface area contributed by atoms with E-state index in [2.05, 4.69) is 38.1 Å². The minimum atomic E-state index is -0.354. The van der Waals surface area contributed by atoms with Gasteiger partial charge in [-0.05, 0) is 17.7 Å². The number of benzene rings is 2. The fraction of sp³-hybridized carbons (Fsp3) is 0.294. The topological polar surface area (TPSA) is 20.2 Å². The predicted molar refractivity (Wildman–Crippen MR) is 82.6 cm³/mol. The standard InChI is InChI=1S/C17H20OS/c1-13(15-9-5-3-6-10-15)17(18)14(2)19-16-11-7-4-8-12-16/h3-14,17-18H,1-2H3/t13-,14+,17-/m0/s1. The third-order valence-corrected chi connectivity index (χ3v) is 4.58. The number of thioether (sulfide) groups is 1. The maximum Gasteiger partial charge on any atom is 0.0725 e. The number of hydrogen-bond acceptors (Lipinski definition) is 2. The van der Waals surface area contributed by atoms with Crippen LogP contribution in [-0.4, -0.2) is 16.5 Å². The molecular formula is C17H20OS. The van der Waals surface area contributed by atoms with Crippen LogP contribution < -0.4 is 0 Å². The second-order valence-electron chi connectivity index (χ2n) is 4.83. The summed E-state index contributed by atoms with van der Waals surface area (Å²) in [5.74, 6) is 0.146. The lowest BCUT2D eigenvalue weighted by Gasteiger charge is -2.25. The molecule has 0 heterocycles. The highest BCUT2D eigenvalue weighted by Gasteiger charge is 2.23. The van der Waals surface area contributed by atoms with E-state index in [1.807, 2.05) is 36.4 Å². The van der Waals surface area contributed by atoms with E-state index in [1.54, 1.807) is 11.8 Å². The van der Waals surface area contributed by atoms with E-state index in [4.69, 9.17) is 0 Å². The van der Waals surface area contributed by atoms with Crippen LogP contribution in [0.25, 0.3) is 0 Å². The van der Waals surface area contributed by atoms with Crippen LogP contribution in [0, 0.1) is 0 Å². The summed E-state index contributed by atoms with van der Waals surface area (Å²) in [5, 5.41) is 10.6.